The maximum Gasteiger partial charge on any atom is 0.226 e. The van der Waals surface area contributed by atoms with Crippen LogP contribution in [-0.2, 0) is 11.2 Å². The van der Waals surface area contributed by atoms with Crippen LogP contribution in [0.25, 0.3) is 0 Å². The van der Waals surface area contributed by atoms with Crippen LogP contribution in [-0.4, -0.2) is 24.4 Å². The molecular formula is C12H13FN2O. The van der Waals surface area contributed by atoms with E-state index in [1.807, 2.05) is 6.07 Å². The zero-order valence-electron chi connectivity index (χ0n) is 9.11. The fraction of sp³-hybridized carbons (Fsp3) is 0.333. The van der Waals surface area contributed by atoms with E-state index < -0.39 is 0 Å². The normalized spacial score (nSPS) is 9.56. The summed E-state index contributed by atoms with van der Waals surface area (Å²) < 4.78 is 13.2. The molecule has 16 heavy (non-hydrogen) atoms. The molecule has 4 heteroatoms. The molecular weight excluding hydrogens is 207 g/mol. The van der Waals surface area contributed by atoms with Gasteiger partial charge in [-0.05, 0) is 11.6 Å². The van der Waals surface area contributed by atoms with Gasteiger partial charge < -0.3 is 4.90 Å². The van der Waals surface area contributed by atoms with Crippen molar-refractivity contribution in [1.29, 1.82) is 5.26 Å². The van der Waals surface area contributed by atoms with Crippen molar-refractivity contribution in [2.75, 3.05) is 13.6 Å². The molecule has 1 aromatic carbocycles. The minimum Gasteiger partial charge on any atom is -0.344 e. The number of benzene rings is 1. The van der Waals surface area contributed by atoms with Gasteiger partial charge in [0, 0.05) is 13.6 Å². The van der Waals surface area contributed by atoms with Gasteiger partial charge in [-0.3, -0.25) is 4.79 Å². The van der Waals surface area contributed by atoms with Crippen molar-refractivity contribution < 1.29 is 9.18 Å². The standard InChI is InChI=1S/C12H13FN2O/c1-15(8-4-7-14)12(16)9-10-5-2-3-6-11(10)13/h2-3,5-6H,4,8-9H2,1H3. The summed E-state index contributed by atoms with van der Waals surface area (Å²) in [7, 11) is 1.61. The van der Waals surface area contributed by atoms with Gasteiger partial charge in [0.25, 0.3) is 0 Å². The number of hydrogen-bond acceptors (Lipinski definition) is 2. The van der Waals surface area contributed by atoms with Crippen LogP contribution in [0.3, 0.4) is 0 Å². The van der Waals surface area contributed by atoms with E-state index in [9.17, 15) is 9.18 Å². The zero-order valence-corrected chi connectivity index (χ0v) is 9.11. The first kappa shape index (κ1) is 12.2. The van der Waals surface area contributed by atoms with Crippen LogP contribution in [0, 0.1) is 17.1 Å². The molecule has 1 rings (SSSR count). The second-order valence-corrected chi connectivity index (χ2v) is 3.49. The van der Waals surface area contributed by atoms with Crippen LogP contribution >= 0.6 is 0 Å². The predicted molar refractivity (Wildman–Crippen MR) is 58.0 cm³/mol. The Labute approximate surface area is 94.1 Å². The number of nitrogens with zero attached hydrogens (tertiary/aromatic N) is 2. The second kappa shape index (κ2) is 5.86. The molecule has 1 aromatic rings. The number of carbonyl (C=O) groups is 1. The summed E-state index contributed by atoms with van der Waals surface area (Å²) in [5.41, 5.74) is 0.385. The SMILES string of the molecule is CN(CCC#N)C(=O)Cc1ccccc1F. The zero-order chi connectivity index (χ0) is 12.0. The van der Waals surface area contributed by atoms with Crippen LogP contribution in [0.4, 0.5) is 4.39 Å². The lowest BCUT2D eigenvalue weighted by Gasteiger charge is -2.15. The van der Waals surface area contributed by atoms with Crippen molar-refractivity contribution in [3.63, 3.8) is 0 Å². The molecule has 0 aromatic heterocycles. The minimum absolute atomic E-state index is 0.0363. The number of likely N-dealkylation sites (N-methyl/N-ethyl adjacent to an activating group) is 1. The number of amides is 1. The van der Waals surface area contributed by atoms with Gasteiger partial charge in [-0.2, -0.15) is 5.26 Å². The molecule has 0 spiro atoms. The van der Waals surface area contributed by atoms with Crippen LogP contribution < -0.4 is 0 Å². The average Bonchev–Trinajstić information content (AvgIpc) is 2.28. The molecule has 0 radical (unpaired) electrons. The highest BCUT2D eigenvalue weighted by atomic mass is 19.1. The van der Waals surface area contributed by atoms with Gasteiger partial charge in [0.2, 0.25) is 5.91 Å². The van der Waals surface area contributed by atoms with E-state index in [1.54, 1.807) is 25.2 Å². The Hall–Kier alpha value is -1.89. The van der Waals surface area contributed by atoms with E-state index in [-0.39, 0.29) is 18.1 Å². The van der Waals surface area contributed by atoms with E-state index in [0.29, 0.717) is 18.5 Å². The van der Waals surface area contributed by atoms with E-state index >= 15 is 0 Å². The molecule has 0 unspecified atom stereocenters. The van der Waals surface area contributed by atoms with Gasteiger partial charge >= 0.3 is 0 Å². The van der Waals surface area contributed by atoms with E-state index in [4.69, 9.17) is 5.26 Å². The Bertz CT molecular complexity index is 412. The van der Waals surface area contributed by atoms with Crippen LogP contribution in [0.1, 0.15) is 12.0 Å². The van der Waals surface area contributed by atoms with Gasteiger partial charge in [-0.25, -0.2) is 4.39 Å². The smallest absolute Gasteiger partial charge is 0.226 e. The number of halogens is 1. The summed E-state index contributed by atoms with van der Waals surface area (Å²) in [6.07, 6.45) is 0.327. The number of hydrogen-bond donors (Lipinski definition) is 0. The van der Waals surface area contributed by atoms with Crippen molar-refractivity contribution in [1.82, 2.24) is 4.90 Å². The Balaban J connectivity index is 2.58. The highest BCUT2D eigenvalue weighted by Gasteiger charge is 2.11. The van der Waals surface area contributed by atoms with Crippen molar-refractivity contribution in [2.24, 2.45) is 0 Å². The lowest BCUT2D eigenvalue weighted by atomic mass is 10.1. The van der Waals surface area contributed by atoms with Crippen molar-refractivity contribution in [3.05, 3.63) is 35.6 Å². The number of rotatable bonds is 4. The first-order chi connectivity index (χ1) is 7.65. The summed E-state index contributed by atoms with van der Waals surface area (Å²) in [5, 5.41) is 8.38. The molecule has 0 fully saturated rings. The second-order valence-electron chi connectivity index (χ2n) is 3.49. The third kappa shape index (κ3) is 3.35. The number of carbonyl (C=O) groups excluding carboxylic acids is 1. The summed E-state index contributed by atoms with van der Waals surface area (Å²) in [6.45, 7) is 0.379. The summed E-state index contributed by atoms with van der Waals surface area (Å²) in [4.78, 5) is 13.1. The Morgan fingerprint density at radius 2 is 2.19 bits per heavy atom. The fourth-order valence-electron chi connectivity index (χ4n) is 1.28. The van der Waals surface area contributed by atoms with Gasteiger partial charge in [-0.15, -0.1) is 0 Å². The monoisotopic (exact) mass is 220 g/mol. The van der Waals surface area contributed by atoms with Crippen LogP contribution in [0.2, 0.25) is 0 Å². The predicted octanol–water partition coefficient (Wildman–Crippen LogP) is 1.74. The minimum atomic E-state index is -0.371. The van der Waals surface area contributed by atoms with E-state index in [0.717, 1.165) is 0 Å². The molecule has 0 heterocycles. The van der Waals surface area contributed by atoms with E-state index in [1.165, 1.54) is 11.0 Å². The third-order valence-corrected chi connectivity index (χ3v) is 2.28. The molecule has 84 valence electrons. The van der Waals surface area contributed by atoms with E-state index in [2.05, 4.69) is 0 Å². The van der Waals surface area contributed by atoms with Crippen LogP contribution in [0.5, 0.6) is 0 Å². The molecule has 0 atom stereocenters. The third-order valence-electron chi connectivity index (χ3n) is 2.28. The molecule has 0 aliphatic rings. The maximum atomic E-state index is 13.2. The van der Waals surface area contributed by atoms with Gasteiger partial charge in [0.1, 0.15) is 5.82 Å². The molecule has 0 saturated heterocycles. The summed E-state index contributed by atoms with van der Waals surface area (Å²) >= 11 is 0. The number of nitriles is 1. The Morgan fingerprint density at radius 1 is 1.50 bits per heavy atom. The first-order valence-corrected chi connectivity index (χ1v) is 4.99. The van der Waals surface area contributed by atoms with Crippen molar-refractivity contribution in [2.45, 2.75) is 12.8 Å². The topological polar surface area (TPSA) is 44.1 Å². The molecule has 0 aliphatic heterocycles. The lowest BCUT2D eigenvalue weighted by Crippen LogP contribution is -2.29. The largest absolute Gasteiger partial charge is 0.344 e. The highest BCUT2D eigenvalue weighted by molar-refractivity contribution is 5.78. The molecule has 3 nitrogen and oxygen atoms in total. The van der Waals surface area contributed by atoms with Crippen molar-refractivity contribution >= 4 is 5.91 Å². The average molecular weight is 220 g/mol. The Morgan fingerprint density at radius 3 is 2.81 bits per heavy atom. The maximum absolute atomic E-state index is 13.2. The molecule has 0 N–H and O–H groups in total. The van der Waals surface area contributed by atoms with Gasteiger partial charge in [0.05, 0.1) is 18.9 Å². The molecule has 1 amide bonds. The molecule has 0 bridgehead atoms. The fourth-order valence-corrected chi connectivity index (χ4v) is 1.28. The molecule has 0 aliphatic carbocycles. The first-order valence-electron chi connectivity index (χ1n) is 4.99. The summed E-state index contributed by atoms with van der Waals surface area (Å²) in [5.74, 6) is -0.551. The van der Waals surface area contributed by atoms with Crippen molar-refractivity contribution in [3.8, 4) is 6.07 Å². The highest BCUT2D eigenvalue weighted by Crippen LogP contribution is 2.08. The molecule has 0 saturated carbocycles. The quantitative estimate of drug-likeness (QED) is 0.775. The summed E-state index contributed by atoms with van der Waals surface area (Å²) in [6, 6.07) is 8.16. The lowest BCUT2D eigenvalue weighted by molar-refractivity contribution is -0.129. The van der Waals surface area contributed by atoms with Gasteiger partial charge in [0.15, 0.2) is 0 Å². The van der Waals surface area contributed by atoms with Crippen LogP contribution in [0.15, 0.2) is 24.3 Å². The Kier molecular flexibility index (Phi) is 4.46. The van der Waals surface area contributed by atoms with Gasteiger partial charge in [-0.1, -0.05) is 18.2 Å².